The van der Waals surface area contributed by atoms with Crippen LogP contribution >= 0.6 is 0 Å². The van der Waals surface area contributed by atoms with Crippen LogP contribution in [0.15, 0.2) is 60.7 Å². The third-order valence-corrected chi connectivity index (χ3v) is 4.52. The number of hydrogen-bond acceptors (Lipinski definition) is 7. The van der Waals surface area contributed by atoms with Crippen LogP contribution in [0, 0.1) is 33.0 Å². The zero-order valence-electron chi connectivity index (χ0n) is 17.4. The highest BCUT2D eigenvalue weighted by molar-refractivity contribution is 5.63. The number of benzene rings is 3. The molecule has 0 spiro atoms. The van der Waals surface area contributed by atoms with Gasteiger partial charge >= 0.3 is 5.69 Å². The topological polar surface area (TPSA) is 128 Å². The van der Waals surface area contributed by atoms with Crippen LogP contribution in [0.25, 0.3) is 0 Å². The van der Waals surface area contributed by atoms with Gasteiger partial charge in [0.05, 0.1) is 23.6 Å². The monoisotopic (exact) mass is 443 g/mol. The van der Waals surface area contributed by atoms with Crippen molar-refractivity contribution < 1.29 is 24.1 Å². The molecule has 0 radical (unpaired) electrons. The number of anilines is 1. The fourth-order valence-electron chi connectivity index (χ4n) is 2.74. The number of nitro benzene ring substituents is 2. The summed E-state index contributed by atoms with van der Waals surface area (Å²) >= 11 is 0. The standard InChI is InChI=1S/C15H16N2O3.C7H6FNO3/c1-11-4-2-3-5-13(11)9-16-14-8-12(10-18)6-7-15(14)17(19)20;1-12-5-2-3-7(9(10)11)6(8)4-5/h2-8,16,18H,9-10H2,1H3;2-4H,1H3. The molecule has 0 aliphatic rings. The summed E-state index contributed by atoms with van der Waals surface area (Å²) in [5, 5.41) is 33.3. The summed E-state index contributed by atoms with van der Waals surface area (Å²) in [4.78, 5) is 19.9. The first-order valence-electron chi connectivity index (χ1n) is 9.41. The number of hydrogen-bond donors (Lipinski definition) is 2. The van der Waals surface area contributed by atoms with E-state index in [2.05, 4.69) is 10.1 Å². The van der Waals surface area contributed by atoms with Gasteiger partial charge in [0, 0.05) is 24.7 Å². The van der Waals surface area contributed by atoms with E-state index in [1.807, 2.05) is 31.2 Å². The van der Waals surface area contributed by atoms with Crippen molar-refractivity contribution in [1.29, 1.82) is 0 Å². The van der Waals surface area contributed by atoms with Crippen molar-refractivity contribution in [2.45, 2.75) is 20.1 Å². The lowest BCUT2D eigenvalue weighted by molar-refractivity contribution is -0.387. The molecular formula is C22H22FN3O6. The van der Waals surface area contributed by atoms with Gasteiger partial charge in [0.25, 0.3) is 5.69 Å². The maximum Gasteiger partial charge on any atom is 0.305 e. The van der Waals surface area contributed by atoms with Gasteiger partial charge in [0.1, 0.15) is 11.4 Å². The Morgan fingerprint density at radius 3 is 2.22 bits per heavy atom. The molecule has 0 saturated carbocycles. The second-order valence-electron chi connectivity index (χ2n) is 6.62. The van der Waals surface area contributed by atoms with Crippen molar-refractivity contribution in [1.82, 2.24) is 0 Å². The van der Waals surface area contributed by atoms with Crippen LogP contribution in [-0.2, 0) is 13.2 Å². The van der Waals surface area contributed by atoms with E-state index in [1.54, 1.807) is 12.1 Å². The van der Waals surface area contributed by atoms with E-state index in [-0.39, 0.29) is 18.0 Å². The maximum atomic E-state index is 12.8. The van der Waals surface area contributed by atoms with Crippen molar-refractivity contribution >= 4 is 17.1 Å². The van der Waals surface area contributed by atoms with Gasteiger partial charge in [-0.25, -0.2) is 0 Å². The van der Waals surface area contributed by atoms with E-state index < -0.39 is 21.4 Å². The van der Waals surface area contributed by atoms with E-state index in [1.165, 1.54) is 19.2 Å². The Bertz CT molecular complexity index is 1110. The van der Waals surface area contributed by atoms with Crippen molar-refractivity contribution in [3.8, 4) is 5.75 Å². The molecule has 0 amide bonds. The first-order valence-corrected chi connectivity index (χ1v) is 9.41. The highest BCUT2D eigenvalue weighted by Gasteiger charge is 2.14. The summed E-state index contributed by atoms with van der Waals surface area (Å²) in [7, 11) is 1.36. The molecule has 0 unspecified atom stereocenters. The summed E-state index contributed by atoms with van der Waals surface area (Å²) in [6.07, 6.45) is 0. The summed E-state index contributed by atoms with van der Waals surface area (Å²) in [5.74, 6) is -0.627. The van der Waals surface area contributed by atoms with Crippen LogP contribution in [0.3, 0.4) is 0 Å². The SMILES string of the molecule is COc1ccc([N+](=O)[O-])c(F)c1.Cc1ccccc1CNc1cc(CO)ccc1[N+](=O)[O-]. The Hall–Kier alpha value is -4.05. The summed E-state index contributed by atoms with van der Waals surface area (Å²) in [6, 6.07) is 15.8. The number of ether oxygens (including phenoxy) is 1. The fraction of sp³-hybridized carbons (Fsp3) is 0.182. The summed E-state index contributed by atoms with van der Waals surface area (Å²) in [6.45, 7) is 2.36. The minimum atomic E-state index is -0.889. The molecule has 2 N–H and O–H groups in total. The minimum absolute atomic E-state index is 0.00999. The van der Waals surface area contributed by atoms with Crippen molar-refractivity contribution in [3.63, 3.8) is 0 Å². The predicted molar refractivity (Wildman–Crippen MR) is 117 cm³/mol. The second kappa shape index (κ2) is 11.4. The number of aliphatic hydroxyl groups is 1. The lowest BCUT2D eigenvalue weighted by atomic mass is 10.1. The Kier molecular flexibility index (Phi) is 8.61. The van der Waals surface area contributed by atoms with Crippen LogP contribution in [0.5, 0.6) is 5.75 Å². The molecule has 3 aromatic carbocycles. The molecule has 0 saturated heterocycles. The average Bonchev–Trinajstić information content (AvgIpc) is 2.78. The molecule has 0 heterocycles. The van der Waals surface area contributed by atoms with E-state index in [4.69, 9.17) is 5.11 Å². The molecule has 0 atom stereocenters. The zero-order chi connectivity index (χ0) is 23.7. The average molecular weight is 443 g/mol. The highest BCUT2D eigenvalue weighted by atomic mass is 19.1. The van der Waals surface area contributed by atoms with Crippen LogP contribution in [-0.4, -0.2) is 22.1 Å². The van der Waals surface area contributed by atoms with E-state index in [9.17, 15) is 24.6 Å². The van der Waals surface area contributed by atoms with Gasteiger partial charge in [0.15, 0.2) is 0 Å². The highest BCUT2D eigenvalue weighted by Crippen LogP contribution is 2.26. The lowest BCUT2D eigenvalue weighted by Crippen LogP contribution is -2.04. The van der Waals surface area contributed by atoms with Crippen molar-refractivity contribution in [3.05, 3.63) is 103 Å². The smallest absolute Gasteiger partial charge is 0.305 e. The largest absolute Gasteiger partial charge is 0.497 e. The number of nitrogens with zero attached hydrogens (tertiary/aromatic N) is 2. The van der Waals surface area contributed by atoms with Gasteiger partial charge < -0.3 is 15.2 Å². The third-order valence-electron chi connectivity index (χ3n) is 4.52. The Morgan fingerprint density at radius 2 is 1.66 bits per heavy atom. The lowest BCUT2D eigenvalue weighted by Gasteiger charge is -2.10. The summed E-state index contributed by atoms with van der Waals surface area (Å²) < 4.78 is 17.4. The number of nitro groups is 2. The molecule has 9 nitrogen and oxygen atoms in total. The van der Waals surface area contributed by atoms with Crippen LogP contribution in [0.4, 0.5) is 21.5 Å². The van der Waals surface area contributed by atoms with Gasteiger partial charge in [-0.2, -0.15) is 4.39 Å². The molecule has 0 bridgehead atoms. The van der Waals surface area contributed by atoms with Gasteiger partial charge in [-0.05, 0) is 41.8 Å². The van der Waals surface area contributed by atoms with Crippen molar-refractivity contribution in [2.24, 2.45) is 0 Å². The number of nitrogens with one attached hydrogen (secondary N) is 1. The molecule has 32 heavy (non-hydrogen) atoms. The minimum Gasteiger partial charge on any atom is -0.497 e. The molecule has 0 aliphatic heterocycles. The number of aliphatic hydroxyl groups excluding tert-OH is 1. The first kappa shape index (κ1) is 24.2. The third kappa shape index (κ3) is 6.47. The Balaban J connectivity index is 0.000000258. The molecular weight excluding hydrogens is 421 g/mol. The van der Waals surface area contributed by atoms with Gasteiger partial charge in [-0.1, -0.05) is 24.3 Å². The van der Waals surface area contributed by atoms with E-state index in [0.717, 1.165) is 23.3 Å². The molecule has 3 rings (SSSR count). The van der Waals surface area contributed by atoms with Gasteiger partial charge in [-0.15, -0.1) is 0 Å². The quantitative estimate of drug-likeness (QED) is 0.398. The number of methoxy groups -OCH3 is 1. The van der Waals surface area contributed by atoms with Gasteiger partial charge in [0.2, 0.25) is 5.82 Å². The van der Waals surface area contributed by atoms with E-state index in [0.29, 0.717) is 17.8 Å². The second-order valence-corrected chi connectivity index (χ2v) is 6.62. The normalized spacial score (nSPS) is 10.0. The van der Waals surface area contributed by atoms with Gasteiger partial charge in [-0.3, -0.25) is 20.2 Å². The fourth-order valence-corrected chi connectivity index (χ4v) is 2.74. The molecule has 0 aliphatic carbocycles. The van der Waals surface area contributed by atoms with Crippen molar-refractivity contribution in [2.75, 3.05) is 12.4 Å². The Morgan fingerprint density at radius 1 is 1.00 bits per heavy atom. The molecule has 0 aromatic heterocycles. The van der Waals surface area contributed by atoms with E-state index >= 15 is 0 Å². The van der Waals surface area contributed by atoms with Crippen LogP contribution in [0.1, 0.15) is 16.7 Å². The predicted octanol–water partition coefficient (Wildman–Crippen LogP) is 4.75. The number of rotatable bonds is 7. The van der Waals surface area contributed by atoms with Crippen LogP contribution < -0.4 is 10.1 Å². The number of halogens is 1. The Labute approximate surface area is 183 Å². The number of aryl methyl sites for hydroxylation is 1. The zero-order valence-corrected chi connectivity index (χ0v) is 17.4. The molecule has 0 fully saturated rings. The molecule has 3 aromatic rings. The van der Waals surface area contributed by atoms with Crippen LogP contribution in [0.2, 0.25) is 0 Å². The molecule has 10 heteroatoms. The first-order chi connectivity index (χ1) is 15.3. The molecule has 168 valence electrons. The summed E-state index contributed by atoms with van der Waals surface area (Å²) in [5.41, 5.74) is 2.73. The maximum absolute atomic E-state index is 12.8.